The Hall–Kier alpha value is -2.02. The molecular formula is C13H19N5O2. The lowest BCUT2D eigenvalue weighted by Gasteiger charge is -2.32. The number of nitrogens with zero attached hydrogens (tertiary/aromatic N) is 3. The van der Waals surface area contributed by atoms with E-state index >= 15 is 0 Å². The third-order valence-corrected chi connectivity index (χ3v) is 3.13. The topological polar surface area (TPSA) is 87.2 Å². The third-order valence-electron chi connectivity index (χ3n) is 3.13. The predicted octanol–water partition coefficient (Wildman–Crippen LogP) is 0.363. The van der Waals surface area contributed by atoms with Gasteiger partial charge in [0.05, 0.1) is 6.67 Å². The quantitative estimate of drug-likeness (QED) is 0.811. The summed E-state index contributed by atoms with van der Waals surface area (Å²) < 4.78 is 0. The highest BCUT2D eigenvalue weighted by Crippen LogP contribution is 2.10. The number of carbonyl (C=O) groups is 2. The van der Waals surface area contributed by atoms with Crippen molar-refractivity contribution in [3.05, 3.63) is 18.5 Å². The fourth-order valence-electron chi connectivity index (χ4n) is 2.14. The molecule has 2 heterocycles. The summed E-state index contributed by atoms with van der Waals surface area (Å²) in [6, 6.07) is 1.89. The van der Waals surface area contributed by atoms with E-state index in [-0.39, 0.29) is 30.3 Å². The van der Waals surface area contributed by atoms with E-state index in [0.29, 0.717) is 13.1 Å². The van der Waals surface area contributed by atoms with E-state index in [0.717, 1.165) is 12.8 Å². The van der Waals surface area contributed by atoms with Gasteiger partial charge in [0.2, 0.25) is 17.8 Å². The SMILES string of the molecule is CCCC1CC(=O)N(CC(=O)Nc2ncccn2)CN1. The summed E-state index contributed by atoms with van der Waals surface area (Å²) >= 11 is 0. The molecule has 1 saturated heterocycles. The molecule has 0 radical (unpaired) electrons. The molecule has 1 aliphatic heterocycles. The van der Waals surface area contributed by atoms with E-state index in [1.165, 1.54) is 4.90 Å². The maximum atomic E-state index is 11.9. The zero-order chi connectivity index (χ0) is 14.4. The van der Waals surface area contributed by atoms with Gasteiger partial charge in [0.15, 0.2) is 0 Å². The molecule has 2 rings (SSSR count). The lowest BCUT2D eigenvalue weighted by molar-refractivity contribution is -0.138. The summed E-state index contributed by atoms with van der Waals surface area (Å²) in [5.74, 6) is -0.0367. The molecule has 7 heteroatoms. The van der Waals surface area contributed by atoms with E-state index in [1.54, 1.807) is 18.5 Å². The monoisotopic (exact) mass is 277 g/mol. The second-order valence-corrected chi connectivity index (χ2v) is 4.76. The Kier molecular flexibility index (Phi) is 5.00. The molecule has 2 amide bonds. The Balaban J connectivity index is 1.82. The van der Waals surface area contributed by atoms with Crippen molar-refractivity contribution in [1.29, 1.82) is 0 Å². The van der Waals surface area contributed by atoms with Gasteiger partial charge in [-0.1, -0.05) is 13.3 Å². The second kappa shape index (κ2) is 6.95. The average molecular weight is 277 g/mol. The summed E-state index contributed by atoms with van der Waals surface area (Å²) in [6.07, 6.45) is 5.56. The normalized spacial score (nSPS) is 18.9. The van der Waals surface area contributed by atoms with Crippen LogP contribution in [0.5, 0.6) is 0 Å². The van der Waals surface area contributed by atoms with Gasteiger partial charge in [-0.05, 0) is 12.5 Å². The molecule has 20 heavy (non-hydrogen) atoms. The van der Waals surface area contributed by atoms with Crippen molar-refractivity contribution in [1.82, 2.24) is 20.2 Å². The van der Waals surface area contributed by atoms with Crippen LogP contribution in [0.3, 0.4) is 0 Å². The van der Waals surface area contributed by atoms with Crippen LogP contribution in [0.2, 0.25) is 0 Å². The van der Waals surface area contributed by atoms with Gasteiger partial charge in [0, 0.05) is 24.9 Å². The zero-order valence-corrected chi connectivity index (χ0v) is 11.5. The molecule has 1 atom stereocenters. The summed E-state index contributed by atoms with van der Waals surface area (Å²) in [5, 5.41) is 5.83. The minimum absolute atomic E-state index is 0.00586. The molecule has 0 saturated carbocycles. The standard InChI is InChI=1S/C13H19N5O2/c1-2-4-10-7-12(20)18(9-16-10)8-11(19)17-13-14-5-3-6-15-13/h3,5-6,10,16H,2,4,7-9H2,1H3,(H,14,15,17,19). The Labute approximate surface area is 117 Å². The Morgan fingerprint density at radius 3 is 2.90 bits per heavy atom. The highest BCUT2D eigenvalue weighted by molar-refractivity contribution is 5.93. The van der Waals surface area contributed by atoms with Gasteiger partial charge in [0.25, 0.3) is 0 Å². The first-order valence-electron chi connectivity index (χ1n) is 6.77. The summed E-state index contributed by atoms with van der Waals surface area (Å²) in [6.45, 7) is 2.52. The maximum Gasteiger partial charge on any atom is 0.246 e. The van der Waals surface area contributed by atoms with E-state index in [2.05, 4.69) is 27.5 Å². The third kappa shape index (κ3) is 3.99. The van der Waals surface area contributed by atoms with Crippen LogP contribution in [0.15, 0.2) is 18.5 Å². The summed E-state index contributed by atoms with van der Waals surface area (Å²) in [4.78, 5) is 33.1. The van der Waals surface area contributed by atoms with Crippen molar-refractivity contribution in [3.8, 4) is 0 Å². The van der Waals surface area contributed by atoms with Crippen molar-refractivity contribution >= 4 is 17.8 Å². The van der Waals surface area contributed by atoms with Gasteiger partial charge in [-0.15, -0.1) is 0 Å². The predicted molar refractivity (Wildman–Crippen MR) is 73.7 cm³/mol. The fraction of sp³-hybridized carbons (Fsp3) is 0.538. The number of nitrogens with one attached hydrogen (secondary N) is 2. The molecule has 1 aromatic rings. The fourth-order valence-corrected chi connectivity index (χ4v) is 2.14. The van der Waals surface area contributed by atoms with Crippen molar-refractivity contribution in [2.24, 2.45) is 0 Å². The minimum atomic E-state index is -0.291. The molecule has 1 unspecified atom stereocenters. The van der Waals surface area contributed by atoms with Gasteiger partial charge < -0.3 is 4.90 Å². The lowest BCUT2D eigenvalue weighted by Crippen LogP contribution is -2.52. The largest absolute Gasteiger partial charge is 0.321 e. The molecule has 1 aromatic heterocycles. The molecule has 2 N–H and O–H groups in total. The Bertz CT molecular complexity index is 465. The van der Waals surface area contributed by atoms with E-state index in [9.17, 15) is 9.59 Å². The van der Waals surface area contributed by atoms with Crippen molar-refractivity contribution < 1.29 is 9.59 Å². The van der Waals surface area contributed by atoms with Crippen LogP contribution in [-0.4, -0.2) is 45.9 Å². The van der Waals surface area contributed by atoms with Gasteiger partial charge in [-0.2, -0.15) is 0 Å². The molecule has 0 spiro atoms. The number of anilines is 1. The number of carbonyl (C=O) groups excluding carboxylic acids is 2. The van der Waals surface area contributed by atoms with Crippen LogP contribution in [0, 0.1) is 0 Å². The van der Waals surface area contributed by atoms with Crippen LogP contribution in [0.4, 0.5) is 5.95 Å². The molecule has 7 nitrogen and oxygen atoms in total. The average Bonchev–Trinajstić information content (AvgIpc) is 2.43. The number of hydrogen-bond donors (Lipinski definition) is 2. The van der Waals surface area contributed by atoms with Crippen LogP contribution < -0.4 is 10.6 Å². The second-order valence-electron chi connectivity index (χ2n) is 4.76. The highest BCUT2D eigenvalue weighted by atomic mass is 16.2. The van der Waals surface area contributed by atoms with Crippen molar-refractivity contribution in [2.75, 3.05) is 18.5 Å². The molecule has 0 bridgehead atoms. The summed E-state index contributed by atoms with van der Waals surface area (Å²) in [7, 11) is 0. The maximum absolute atomic E-state index is 11.9. The van der Waals surface area contributed by atoms with Crippen molar-refractivity contribution in [3.63, 3.8) is 0 Å². The Morgan fingerprint density at radius 1 is 1.50 bits per heavy atom. The first kappa shape index (κ1) is 14.4. The summed E-state index contributed by atoms with van der Waals surface area (Å²) in [5.41, 5.74) is 0. The first-order valence-corrected chi connectivity index (χ1v) is 6.77. The van der Waals surface area contributed by atoms with Gasteiger partial charge >= 0.3 is 0 Å². The molecular weight excluding hydrogens is 258 g/mol. The first-order chi connectivity index (χ1) is 9.69. The van der Waals surface area contributed by atoms with Gasteiger partial charge in [-0.3, -0.25) is 20.2 Å². The van der Waals surface area contributed by atoms with Gasteiger partial charge in [-0.25, -0.2) is 9.97 Å². The van der Waals surface area contributed by atoms with E-state index in [1.807, 2.05) is 0 Å². The molecule has 0 aromatic carbocycles. The minimum Gasteiger partial charge on any atom is -0.321 e. The number of hydrogen-bond acceptors (Lipinski definition) is 5. The van der Waals surface area contributed by atoms with Crippen LogP contribution in [-0.2, 0) is 9.59 Å². The van der Waals surface area contributed by atoms with E-state index in [4.69, 9.17) is 0 Å². The van der Waals surface area contributed by atoms with Crippen LogP contribution in [0.1, 0.15) is 26.2 Å². The highest BCUT2D eigenvalue weighted by Gasteiger charge is 2.26. The lowest BCUT2D eigenvalue weighted by atomic mass is 10.1. The number of rotatable bonds is 5. The molecule has 1 aliphatic rings. The smallest absolute Gasteiger partial charge is 0.246 e. The van der Waals surface area contributed by atoms with E-state index < -0.39 is 0 Å². The van der Waals surface area contributed by atoms with Crippen molar-refractivity contribution in [2.45, 2.75) is 32.2 Å². The molecule has 108 valence electrons. The molecule has 0 aliphatic carbocycles. The van der Waals surface area contributed by atoms with Gasteiger partial charge in [0.1, 0.15) is 6.54 Å². The Morgan fingerprint density at radius 2 is 2.25 bits per heavy atom. The number of amides is 2. The van der Waals surface area contributed by atoms with Crippen LogP contribution in [0.25, 0.3) is 0 Å². The number of aromatic nitrogens is 2. The zero-order valence-electron chi connectivity index (χ0n) is 11.5. The van der Waals surface area contributed by atoms with Crippen LogP contribution >= 0.6 is 0 Å². The molecule has 1 fully saturated rings.